The summed E-state index contributed by atoms with van der Waals surface area (Å²) in [5, 5.41) is 20.0. The third-order valence-corrected chi connectivity index (χ3v) is 6.45. The fourth-order valence-electron chi connectivity index (χ4n) is 4.48. The SMILES string of the molecule is OC12CCC(c3nnc4c(Oc5ccccc5Cl)cccn34)(CC1)CC2. The van der Waals surface area contributed by atoms with Gasteiger partial charge in [0, 0.05) is 11.6 Å². The lowest BCUT2D eigenvalue weighted by molar-refractivity contribution is -0.0682. The molecule has 2 heterocycles. The molecule has 1 aromatic carbocycles. The first-order valence-electron chi connectivity index (χ1n) is 9.08. The van der Waals surface area contributed by atoms with Crippen LogP contribution in [0.25, 0.3) is 5.65 Å². The van der Waals surface area contributed by atoms with E-state index < -0.39 is 5.60 Å². The van der Waals surface area contributed by atoms with Crippen LogP contribution in [0.3, 0.4) is 0 Å². The molecule has 2 bridgehead atoms. The molecule has 0 saturated heterocycles. The second-order valence-corrected chi connectivity index (χ2v) is 8.03. The number of halogens is 1. The molecule has 6 rings (SSSR count). The van der Waals surface area contributed by atoms with Crippen molar-refractivity contribution in [1.29, 1.82) is 0 Å². The van der Waals surface area contributed by atoms with E-state index in [1.165, 1.54) is 0 Å². The molecular weight excluding hydrogens is 350 g/mol. The van der Waals surface area contributed by atoms with E-state index in [1.54, 1.807) is 6.07 Å². The first-order valence-corrected chi connectivity index (χ1v) is 9.46. The van der Waals surface area contributed by atoms with Crippen molar-refractivity contribution >= 4 is 17.2 Å². The molecule has 0 aliphatic heterocycles. The van der Waals surface area contributed by atoms with E-state index in [9.17, 15) is 5.11 Å². The molecule has 5 nitrogen and oxygen atoms in total. The molecule has 0 spiro atoms. The van der Waals surface area contributed by atoms with Crippen LogP contribution in [0, 0.1) is 0 Å². The zero-order valence-corrected chi connectivity index (χ0v) is 15.1. The van der Waals surface area contributed by atoms with E-state index in [4.69, 9.17) is 16.3 Å². The summed E-state index contributed by atoms with van der Waals surface area (Å²) in [6, 6.07) is 11.2. The Balaban J connectivity index is 1.55. The van der Waals surface area contributed by atoms with Crippen LogP contribution >= 0.6 is 11.6 Å². The third kappa shape index (κ3) is 2.42. The maximum atomic E-state index is 10.5. The number of hydrogen-bond acceptors (Lipinski definition) is 4. The van der Waals surface area contributed by atoms with Crippen molar-refractivity contribution in [2.24, 2.45) is 0 Å². The van der Waals surface area contributed by atoms with Crippen LogP contribution in [0.4, 0.5) is 0 Å². The Bertz CT molecular complexity index is 960. The standard InChI is InChI=1S/C20H20ClN3O2/c21-14-4-1-2-5-15(14)26-16-6-3-13-24-17(16)22-23-18(24)19-7-10-20(25,11-8-19)12-9-19/h1-6,13,25H,7-12H2. The predicted molar refractivity (Wildman–Crippen MR) is 98.8 cm³/mol. The van der Waals surface area contributed by atoms with Crippen molar-refractivity contribution < 1.29 is 9.84 Å². The van der Waals surface area contributed by atoms with Gasteiger partial charge < -0.3 is 9.84 Å². The quantitative estimate of drug-likeness (QED) is 0.737. The molecule has 3 saturated carbocycles. The van der Waals surface area contributed by atoms with Gasteiger partial charge in [-0.1, -0.05) is 23.7 Å². The smallest absolute Gasteiger partial charge is 0.203 e. The summed E-state index contributed by atoms with van der Waals surface area (Å²) in [7, 11) is 0. The Labute approximate surface area is 156 Å². The molecule has 0 radical (unpaired) electrons. The lowest BCUT2D eigenvalue weighted by Gasteiger charge is -2.49. The van der Waals surface area contributed by atoms with Gasteiger partial charge in [0.05, 0.1) is 10.6 Å². The number of fused-ring (bicyclic) bond motifs is 4. The topological polar surface area (TPSA) is 59.7 Å². The number of rotatable bonds is 3. The van der Waals surface area contributed by atoms with Gasteiger partial charge in [0.15, 0.2) is 5.75 Å². The minimum absolute atomic E-state index is 0.00686. The summed E-state index contributed by atoms with van der Waals surface area (Å²) in [5.74, 6) is 2.23. The van der Waals surface area contributed by atoms with Gasteiger partial charge >= 0.3 is 0 Å². The Kier molecular flexibility index (Phi) is 3.52. The van der Waals surface area contributed by atoms with Crippen LogP contribution in [-0.2, 0) is 5.41 Å². The Hall–Kier alpha value is -2.11. The van der Waals surface area contributed by atoms with E-state index in [2.05, 4.69) is 10.2 Å². The molecule has 3 aliphatic rings. The summed E-state index contributed by atoms with van der Waals surface area (Å²) >= 11 is 6.22. The highest BCUT2D eigenvalue weighted by Crippen LogP contribution is 2.53. The molecule has 6 heteroatoms. The Morgan fingerprint density at radius 2 is 1.62 bits per heavy atom. The fourth-order valence-corrected chi connectivity index (χ4v) is 4.65. The van der Waals surface area contributed by atoms with E-state index in [0.717, 1.165) is 44.3 Å². The molecule has 0 amide bonds. The number of benzene rings is 1. The van der Waals surface area contributed by atoms with Crippen LogP contribution in [-0.4, -0.2) is 25.3 Å². The van der Waals surface area contributed by atoms with Gasteiger partial charge in [0.2, 0.25) is 5.65 Å². The molecule has 3 aliphatic carbocycles. The van der Waals surface area contributed by atoms with Gasteiger partial charge in [-0.15, -0.1) is 10.2 Å². The number of ether oxygens (including phenoxy) is 1. The van der Waals surface area contributed by atoms with Crippen molar-refractivity contribution in [3.63, 3.8) is 0 Å². The van der Waals surface area contributed by atoms with Crippen LogP contribution < -0.4 is 4.74 Å². The molecule has 3 aromatic rings. The number of para-hydroxylation sites is 1. The number of aromatic nitrogens is 3. The summed E-state index contributed by atoms with van der Waals surface area (Å²) in [6.07, 6.45) is 7.40. The first-order chi connectivity index (χ1) is 12.6. The van der Waals surface area contributed by atoms with Gasteiger partial charge in [0.1, 0.15) is 11.6 Å². The zero-order valence-electron chi connectivity index (χ0n) is 14.4. The highest BCUT2D eigenvalue weighted by Gasteiger charge is 2.50. The van der Waals surface area contributed by atoms with Gasteiger partial charge in [-0.05, 0) is 62.8 Å². The minimum atomic E-state index is -0.458. The second kappa shape index (κ2) is 5.69. The number of aliphatic hydroxyl groups is 1. The number of hydrogen-bond donors (Lipinski definition) is 1. The summed E-state index contributed by atoms with van der Waals surface area (Å²) in [5.41, 5.74) is 0.247. The van der Waals surface area contributed by atoms with Gasteiger partial charge in [-0.3, -0.25) is 4.40 Å². The van der Waals surface area contributed by atoms with Crippen molar-refractivity contribution in [1.82, 2.24) is 14.6 Å². The van der Waals surface area contributed by atoms with Gasteiger partial charge in [-0.2, -0.15) is 0 Å². The number of pyridine rings is 1. The summed E-state index contributed by atoms with van der Waals surface area (Å²) < 4.78 is 8.06. The van der Waals surface area contributed by atoms with Crippen LogP contribution in [0.1, 0.15) is 44.3 Å². The molecule has 134 valence electrons. The average molecular weight is 370 g/mol. The molecule has 1 N–H and O–H groups in total. The lowest BCUT2D eigenvalue weighted by atomic mass is 9.58. The van der Waals surface area contributed by atoms with Crippen molar-refractivity contribution in [3.05, 3.63) is 53.4 Å². The molecular formula is C20H20ClN3O2. The van der Waals surface area contributed by atoms with Crippen molar-refractivity contribution in [3.8, 4) is 11.5 Å². The van der Waals surface area contributed by atoms with E-state index in [-0.39, 0.29) is 5.41 Å². The van der Waals surface area contributed by atoms with Crippen molar-refractivity contribution in [2.45, 2.75) is 49.5 Å². The molecule has 0 unspecified atom stereocenters. The molecule has 3 fully saturated rings. The summed E-state index contributed by atoms with van der Waals surface area (Å²) in [6.45, 7) is 0. The zero-order chi connectivity index (χ0) is 17.8. The van der Waals surface area contributed by atoms with E-state index in [1.807, 2.05) is 40.9 Å². The van der Waals surface area contributed by atoms with Crippen LogP contribution in [0.5, 0.6) is 11.5 Å². The van der Waals surface area contributed by atoms with E-state index in [0.29, 0.717) is 22.2 Å². The van der Waals surface area contributed by atoms with E-state index >= 15 is 0 Å². The highest BCUT2D eigenvalue weighted by molar-refractivity contribution is 6.32. The third-order valence-electron chi connectivity index (χ3n) is 6.14. The second-order valence-electron chi connectivity index (χ2n) is 7.63. The Morgan fingerprint density at radius 3 is 2.35 bits per heavy atom. The van der Waals surface area contributed by atoms with Crippen LogP contribution in [0.2, 0.25) is 5.02 Å². The maximum Gasteiger partial charge on any atom is 0.203 e. The largest absolute Gasteiger partial charge is 0.452 e. The van der Waals surface area contributed by atoms with Crippen molar-refractivity contribution in [2.75, 3.05) is 0 Å². The minimum Gasteiger partial charge on any atom is -0.452 e. The monoisotopic (exact) mass is 369 g/mol. The molecule has 0 atom stereocenters. The lowest BCUT2D eigenvalue weighted by Crippen LogP contribution is -2.48. The average Bonchev–Trinajstić information content (AvgIpc) is 3.11. The van der Waals surface area contributed by atoms with Gasteiger partial charge in [0.25, 0.3) is 0 Å². The number of nitrogens with zero attached hydrogens (tertiary/aromatic N) is 3. The fraction of sp³-hybridized carbons (Fsp3) is 0.400. The molecule has 26 heavy (non-hydrogen) atoms. The van der Waals surface area contributed by atoms with Gasteiger partial charge in [-0.25, -0.2) is 0 Å². The highest BCUT2D eigenvalue weighted by atomic mass is 35.5. The summed E-state index contributed by atoms with van der Waals surface area (Å²) in [4.78, 5) is 0. The first kappa shape index (κ1) is 16.1. The predicted octanol–water partition coefficient (Wildman–Crippen LogP) is 4.51. The van der Waals surface area contributed by atoms with Crippen LogP contribution in [0.15, 0.2) is 42.6 Å². The molecule has 2 aromatic heterocycles. The maximum absolute atomic E-state index is 10.5. The Morgan fingerprint density at radius 1 is 0.923 bits per heavy atom. The normalized spacial score (nSPS) is 27.8.